The number of rotatable bonds is 3. The summed E-state index contributed by atoms with van der Waals surface area (Å²) in [5.74, 6) is -0.331. The van der Waals surface area contributed by atoms with Crippen LogP contribution < -0.4 is 10.4 Å². The molecule has 1 aliphatic rings. The Bertz CT molecular complexity index is 432. The molecular formula is C11H13BO5. The molecule has 0 aromatic heterocycles. The van der Waals surface area contributed by atoms with Crippen molar-refractivity contribution in [3.05, 3.63) is 23.8 Å². The molecule has 1 aliphatic heterocycles. The van der Waals surface area contributed by atoms with Crippen molar-refractivity contribution in [2.45, 2.75) is 20.5 Å². The van der Waals surface area contributed by atoms with Gasteiger partial charge in [-0.1, -0.05) is 19.9 Å². The van der Waals surface area contributed by atoms with E-state index in [0.29, 0.717) is 17.8 Å². The molecule has 1 aromatic rings. The summed E-state index contributed by atoms with van der Waals surface area (Å²) in [6, 6.07) is 5.03. The summed E-state index contributed by atoms with van der Waals surface area (Å²) < 4.78 is 5.03. The van der Waals surface area contributed by atoms with Gasteiger partial charge in [-0.25, -0.2) is 4.79 Å². The fraction of sp³-hybridized carbons (Fsp3) is 0.364. The second-order valence-corrected chi connectivity index (χ2v) is 4.16. The van der Waals surface area contributed by atoms with Crippen LogP contribution in [0, 0.1) is 5.92 Å². The van der Waals surface area contributed by atoms with Gasteiger partial charge >= 0.3 is 13.1 Å². The Balaban J connectivity index is 2.03. The zero-order valence-electron chi connectivity index (χ0n) is 9.67. The molecule has 6 heteroatoms. The van der Waals surface area contributed by atoms with Gasteiger partial charge in [0.15, 0.2) is 5.75 Å². The summed E-state index contributed by atoms with van der Waals surface area (Å²) >= 11 is 0. The molecule has 0 amide bonds. The smallest absolute Gasteiger partial charge is 0.423 e. The van der Waals surface area contributed by atoms with E-state index in [-0.39, 0.29) is 5.92 Å². The van der Waals surface area contributed by atoms with E-state index in [9.17, 15) is 9.82 Å². The second-order valence-electron chi connectivity index (χ2n) is 4.16. The largest absolute Gasteiger partial charge is 0.491 e. The fourth-order valence-electron chi connectivity index (χ4n) is 1.43. The summed E-state index contributed by atoms with van der Waals surface area (Å²) in [4.78, 5) is 20.7. The van der Waals surface area contributed by atoms with E-state index in [1.165, 1.54) is 0 Å². The standard InChI is InChI=1S/C11H13BO5/c1-7(2)11(13)17-16-9-4-3-8-6-15-12(14)10(8)5-9/h3-5,7,14H,6H2,1-2H3. The normalized spacial score (nSPS) is 13.8. The van der Waals surface area contributed by atoms with Gasteiger partial charge in [0.2, 0.25) is 0 Å². The highest BCUT2D eigenvalue weighted by Gasteiger charge is 2.27. The van der Waals surface area contributed by atoms with Crippen LogP contribution in [-0.4, -0.2) is 18.1 Å². The van der Waals surface area contributed by atoms with Crippen molar-refractivity contribution in [2.75, 3.05) is 0 Å². The zero-order chi connectivity index (χ0) is 12.4. The first-order valence-corrected chi connectivity index (χ1v) is 5.39. The molecule has 0 radical (unpaired) electrons. The molecule has 1 aromatic carbocycles. The number of hydrogen-bond acceptors (Lipinski definition) is 5. The van der Waals surface area contributed by atoms with Gasteiger partial charge in [0, 0.05) is 0 Å². The number of fused-ring (bicyclic) bond motifs is 1. The first-order chi connectivity index (χ1) is 8.08. The lowest BCUT2D eigenvalue weighted by molar-refractivity contribution is -0.217. The van der Waals surface area contributed by atoms with Crippen LogP contribution in [0.2, 0.25) is 0 Å². The fourth-order valence-corrected chi connectivity index (χ4v) is 1.43. The minimum atomic E-state index is -0.936. The Hall–Kier alpha value is -1.53. The second kappa shape index (κ2) is 4.77. The SMILES string of the molecule is CC(C)C(=O)OOc1ccc2c(c1)B(O)OC2. The molecule has 1 heterocycles. The van der Waals surface area contributed by atoms with E-state index in [1.807, 2.05) is 0 Å². The molecule has 90 valence electrons. The lowest BCUT2D eigenvalue weighted by atomic mass is 9.79. The van der Waals surface area contributed by atoms with E-state index in [2.05, 4.69) is 4.89 Å². The van der Waals surface area contributed by atoms with Crippen molar-refractivity contribution in [1.29, 1.82) is 0 Å². The maximum atomic E-state index is 11.2. The Kier molecular flexibility index (Phi) is 3.35. The summed E-state index contributed by atoms with van der Waals surface area (Å²) in [5, 5.41) is 9.49. The maximum absolute atomic E-state index is 11.2. The van der Waals surface area contributed by atoms with Crippen LogP contribution in [0.3, 0.4) is 0 Å². The van der Waals surface area contributed by atoms with Crippen molar-refractivity contribution < 1.29 is 24.2 Å². The Labute approximate surface area is 99.4 Å². The van der Waals surface area contributed by atoms with E-state index in [0.717, 1.165) is 5.56 Å². The van der Waals surface area contributed by atoms with Gasteiger partial charge in [-0.3, -0.25) is 9.78 Å². The molecule has 2 rings (SSSR count). The van der Waals surface area contributed by atoms with Gasteiger partial charge in [-0.15, -0.1) is 0 Å². The van der Waals surface area contributed by atoms with Gasteiger partial charge in [-0.2, -0.15) is 0 Å². The third-order valence-corrected chi connectivity index (χ3v) is 2.47. The zero-order valence-corrected chi connectivity index (χ0v) is 9.67. The van der Waals surface area contributed by atoms with Crippen molar-refractivity contribution in [2.24, 2.45) is 5.92 Å². The molecule has 0 fully saturated rings. The first-order valence-electron chi connectivity index (χ1n) is 5.39. The molecule has 17 heavy (non-hydrogen) atoms. The topological polar surface area (TPSA) is 65.0 Å². The Morgan fingerprint density at radius 2 is 2.29 bits per heavy atom. The quantitative estimate of drug-likeness (QED) is 0.467. The van der Waals surface area contributed by atoms with Crippen LogP contribution in [0.15, 0.2) is 18.2 Å². The molecule has 0 bridgehead atoms. The highest BCUT2D eigenvalue weighted by Crippen LogP contribution is 2.16. The van der Waals surface area contributed by atoms with Crippen molar-refractivity contribution in [3.63, 3.8) is 0 Å². The lowest BCUT2D eigenvalue weighted by Gasteiger charge is -2.07. The Morgan fingerprint density at radius 1 is 1.53 bits per heavy atom. The predicted molar refractivity (Wildman–Crippen MR) is 60.4 cm³/mol. The summed E-state index contributed by atoms with van der Waals surface area (Å²) in [6.45, 7) is 3.81. The first kappa shape index (κ1) is 11.9. The summed E-state index contributed by atoms with van der Waals surface area (Å²) in [6.07, 6.45) is 0. The third kappa shape index (κ3) is 2.59. The Morgan fingerprint density at radius 3 is 3.00 bits per heavy atom. The molecule has 5 nitrogen and oxygen atoms in total. The third-order valence-electron chi connectivity index (χ3n) is 2.47. The van der Waals surface area contributed by atoms with E-state index < -0.39 is 13.1 Å². The van der Waals surface area contributed by atoms with Gasteiger partial charge in [0.05, 0.1) is 12.5 Å². The lowest BCUT2D eigenvalue weighted by Crippen LogP contribution is -2.28. The van der Waals surface area contributed by atoms with Gasteiger partial charge < -0.3 is 9.68 Å². The minimum Gasteiger partial charge on any atom is -0.423 e. The molecule has 0 spiro atoms. The minimum absolute atomic E-state index is 0.252. The van der Waals surface area contributed by atoms with Crippen molar-refractivity contribution in [3.8, 4) is 5.75 Å². The van der Waals surface area contributed by atoms with Crippen LogP contribution in [-0.2, 0) is 20.9 Å². The number of carbonyl (C=O) groups excluding carboxylic acids is 1. The average Bonchev–Trinajstić information content (AvgIpc) is 2.68. The van der Waals surface area contributed by atoms with E-state index in [4.69, 9.17) is 9.54 Å². The molecule has 0 unspecified atom stereocenters. The molecular weight excluding hydrogens is 223 g/mol. The van der Waals surface area contributed by atoms with Crippen molar-refractivity contribution in [1.82, 2.24) is 0 Å². The van der Waals surface area contributed by atoms with Crippen molar-refractivity contribution >= 4 is 18.6 Å². The molecule has 0 aliphatic carbocycles. The summed E-state index contributed by atoms with van der Waals surface area (Å²) in [7, 11) is -0.936. The average molecular weight is 236 g/mol. The molecule has 0 atom stereocenters. The highest BCUT2D eigenvalue weighted by molar-refractivity contribution is 6.61. The number of hydrogen-bond donors (Lipinski definition) is 1. The van der Waals surface area contributed by atoms with Gasteiger partial charge in [-0.05, 0) is 23.2 Å². The molecule has 0 saturated carbocycles. The van der Waals surface area contributed by atoms with E-state index >= 15 is 0 Å². The highest BCUT2D eigenvalue weighted by atomic mass is 17.2. The van der Waals surface area contributed by atoms with Gasteiger partial charge in [0.1, 0.15) is 0 Å². The van der Waals surface area contributed by atoms with Crippen LogP contribution >= 0.6 is 0 Å². The molecule has 0 saturated heterocycles. The van der Waals surface area contributed by atoms with E-state index in [1.54, 1.807) is 32.0 Å². The number of benzene rings is 1. The van der Waals surface area contributed by atoms with Crippen LogP contribution in [0.4, 0.5) is 0 Å². The predicted octanol–water partition coefficient (Wildman–Crippen LogP) is 0.397. The number of carbonyl (C=O) groups is 1. The maximum Gasteiger partial charge on any atom is 0.491 e. The van der Waals surface area contributed by atoms with Crippen LogP contribution in [0.25, 0.3) is 0 Å². The van der Waals surface area contributed by atoms with Gasteiger partial charge in [0.25, 0.3) is 0 Å². The molecule has 1 N–H and O–H groups in total. The van der Waals surface area contributed by atoms with Crippen LogP contribution in [0.1, 0.15) is 19.4 Å². The van der Waals surface area contributed by atoms with Crippen LogP contribution in [0.5, 0.6) is 5.75 Å². The summed E-state index contributed by atoms with van der Waals surface area (Å²) in [5.41, 5.74) is 1.54. The monoisotopic (exact) mass is 236 g/mol.